The average molecular weight is 481 g/mol. The van der Waals surface area contributed by atoms with Crippen molar-refractivity contribution in [3.63, 3.8) is 0 Å². The van der Waals surface area contributed by atoms with Gasteiger partial charge in [0.1, 0.15) is 11.7 Å². The van der Waals surface area contributed by atoms with Crippen LogP contribution in [0.3, 0.4) is 0 Å². The molecule has 3 aromatic rings. The van der Waals surface area contributed by atoms with Gasteiger partial charge in [-0.05, 0) is 74.7 Å². The normalized spacial score (nSPS) is 14.4. The minimum atomic E-state index is -0.574. The van der Waals surface area contributed by atoms with Crippen LogP contribution in [0.25, 0.3) is 10.9 Å². The number of nitrogens with zero attached hydrogens (tertiary/aromatic N) is 1. The molecule has 4 rings (SSSR count). The third kappa shape index (κ3) is 6.19. The lowest BCUT2D eigenvalue weighted by Crippen LogP contribution is -2.46. The second-order valence-electron chi connectivity index (χ2n) is 9.63. The number of hydrogen-bond donors (Lipinski definition) is 3. The zero-order chi connectivity index (χ0) is 24.2. The Labute approximate surface area is 206 Å². The number of nitrogens with one attached hydrogen (secondary N) is 3. The molecule has 0 spiro atoms. The van der Waals surface area contributed by atoms with E-state index in [-0.39, 0.29) is 11.8 Å². The van der Waals surface area contributed by atoms with Gasteiger partial charge >= 0.3 is 0 Å². The highest BCUT2D eigenvalue weighted by Crippen LogP contribution is 2.34. The number of benzene rings is 2. The molecular weight excluding hydrogens is 448 g/mol. The van der Waals surface area contributed by atoms with Gasteiger partial charge in [-0.3, -0.25) is 9.59 Å². The van der Waals surface area contributed by atoms with Crippen LogP contribution in [-0.2, 0) is 17.9 Å². The fourth-order valence-electron chi connectivity index (χ4n) is 4.27. The maximum Gasteiger partial charge on any atom is 0.268 e. The highest BCUT2D eigenvalue weighted by atomic mass is 35.5. The van der Waals surface area contributed by atoms with E-state index in [1.807, 2.05) is 45.3 Å². The summed E-state index contributed by atoms with van der Waals surface area (Å²) in [5.74, 6) is 0.255. The first-order valence-electron chi connectivity index (χ1n) is 11.9. The minimum absolute atomic E-state index is 0.150. The van der Waals surface area contributed by atoms with Crippen molar-refractivity contribution in [2.45, 2.75) is 51.7 Å². The maximum absolute atomic E-state index is 13.1. The molecule has 1 unspecified atom stereocenters. The van der Waals surface area contributed by atoms with Gasteiger partial charge in [0.25, 0.3) is 5.91 Å². The number of aryl methyl sites for hydroxylation is 1. The maximum atomic E-state index is 13.1. The molecule has 0 bridgehead atoms. The van der Waals surface area contributed by atoms with Gasteiger partial charge in [0.15, 0.2) is 0 Å². The smallest absolute Gasteiger partial charge is 0.268 e. The lowest BCUT2D eigenvalue weighted by Gasteiger charge is -2.19. The minimum Gasteiger partial charge on any atom is -0.350 e. The summed E-state index contributed by atoms with van der Waals surface area (Å²) in [5, 5.41) is 7.53. The van der Waals surface area contributed by atoms with Crippen molar-refractivity contribution in [1.29, 1.82) is 0 Å². The fourth-order valence-corrected chi connectivity index (χ4v) is 4.45. The molecule has 1 atom stereocenters. The molecule has 1 saturated carbocycles. The first kappa shape index (κ1) is 24.3. The molecule has 0 radical (unpaired) electrons. The van der Waals surface area contributed by atoms with Crippen LogP contribution in [0.15, 0.2) is 42.5 Å². The molecule has 180 valence electrons. The molecular formula is C27H33ClN4O2. The Morgan fingerprint density at radius 2 is 1.82 bits per heavy atom. The van der Waals surface area contributed by atoms with Crippen molar-refractivity contribution in [2.24, 2.45) is 5.92 Å². The molecule has 2 amide bonds. The molecule has 2 aromatic carbocycles. The van der Waals surface area contributed by atoms with Gasteiger partial charge in [-0.2, -0.15) is 0 Å². The van der Waals surface area contributed by atoms with Gasteiger partial charge in [0.2, 0.25) is 5.91 Å². The Bertz CT molecular complexity index is 1170. The SMILES string of the molecule is Cc1c(C(=O)NC(CCC2CC2)C(=O)NCc2ccc(CN(C)C)cc2)[nH]c2ccc(Cl)cc12. The van der Waals surface area contributed by atoms with Gasteiger partial charge in [0, 0.05) is 29.0 Å². The van der Waals surface area contributed by atoms with Crippen LogP contribution >= 0.6 is 11.6 Å². The number of carbonyl (C=O) groups is 2. The third-order valence-corrected chi connectivity index (χ3v) is 6.65. The second-order valence-corrected chi connectivity index (χ2v) is 10.1. The Morgan fingerprint density at radius 1 is 1.12 bits per heavy atom. The monoisotopic (exact) mass is 480 g/mol. The molecule has 1 aliphatic rings. The van der Waals surface area contributed by atoms with E-state index in [1.54, 1.807) is 6.07 Å². The molecule has 0 aliphatic heterocycles. The number of hydrogen-bond acceptors (Lipinski definition) is 3. The Hall–Kier alpha value is -2.83. The highest BCUT2D eigenvalue weighted by molar-refractivity contribution is 6.31. The number of carbonyl (C=O) groups excluding carboxylic acids is 2. The second kappa shape index (κ2) is 10.6. The van der Waals surface area contributed by atoms with Gasteiger partial charge in [0.05, 0.1) is 0 Å². The largest absolute Gasteiger partial charge is 0.350 e. The lowest BCUT2D eigenvalue weighted by molar-refractivity contribution is -0.123. The van der Waals surface area contributed by atoms with E-state index >= 15 is 0 Å². The number of aromatic amines is 1. The molecule has 34 heavy (non-hydrogen) atoms. The average Bonchev–Trinajstić information content (AvgIpc) is 3.58. The molecule has 1 aromatic heterocycles. The van der Waals surface area contributed by atoms with Crippen molar-refractivity contribution in [2.75, 3.05) is 14.1 Å². The molecule has 3 N–H and O–H groups in total. The number of aromatic nitrogens is 1. The van der Waals surface area contributed by atoms with Crippen LogP contribution in [0.4, 0.5) is 0 Å². The van der Waals surface area contributed by atoms with Crippen molar-refractivity contribution in [1.82, 2.24) is 20.5 Å². The summed E-state index contributed by atoms with van der Waals surface area (Å²) >= 11 is 6.13. The van der Waals surface area contributed by atoms with E-state index < -0.39 is 6.04 Å². The quantitative estimate of drug-likeness (QED) is 0.390. The highest BCUT2D eigenvalue weighted by Gasteiger charge is 2.27. The molecule has 7 heteroatoms. The summed E-state index contributed by atoms with van der Waals surface area (Å²) in [6.07, 6.45) is 4.00. The van der Waals surface area contributed by atoms with Crippen LogP contribution in [0, 0.1) is 12.8 Å². The zero-order valence-corrected chi connectivity index (χ0v) is 20.8. The summed E-state index contributed by atoms with van der Waals surface area (Å²) in [7, 11) is 4.08. The molecule has 1 heterocycles. The van der Waals surface area contributed by atoms with Crippen LogP contribution in [0.2, 0.25) is 5.02 Å². The van der Waals surface area contributed by atoms with E-state index in [9.17, 15) is 9.59 Å². The van der Waals surface area contributed by atoms with E-state index in [4.69, 9.17) is 11.6 Å². The van der Waals surface area contributed by atoms with Crippen LogP contribution < -0.4 is 10.6 Å². The number of halogens is 1. The van der Waals surface area contributed by atoms with E-state index in [1.165, 1.54) is 18.4 Å². The third-order valence-electron chi connectivity index (χ3n) is 6.42. The predicted octanol–water partition coefficient (Wildman–Crippen LogP) is 4.80. The number of rotatable bonds is 10. The number of amides is 2. The topological polar surface area (TPSA) is 77.2 Å². The van der Waals surface area contributed by atoms with Gasteiger partial charge < -0.3 is 20.5 Å². The molecule has 6 nitrogen and oxygen atoms in total. The van der Waals surface area contributed by atoms with Gasteiger partial charge in [-0.1, -0.05) is 48.7 Å². The van der Waals surface area contributed by atoms with Crippen molar-refractivity contribution < 1.29 is 9.59 Å². The summed E-state index contributed by atoms with van der Waals surface area (Å²) in [4.78, 5) is 31.5. The molecule has 0 saturated heterocycles. The first-order valence-corrected chi connectivity index (χ1v) is 12.3. The van der Waals surface area contributed by atoms with E-state index in [2.05, 4.69) is 32.7 Å². The van der Waals surface area contributed by atoms with Crippen molar-refractivity contribution in [3.8, 4) is 0 Å². The number of H-pyrrole nitrogens is 1. The summed E-state index contributed by atoms with van der Waals surface area (Å²) in [5.41, 5.74) is 4.41. The standard InChI is InChI=1S/C27H33ClN4O2/c1-17-22-14-21(28)11-13-23(22)30-25(17)27(34)31-24(12-10-18-4-5-18)26(33)29-15-19-6-8-20(9-7-19)16-32(2)3/h6-9,11,13-14,18,24,30H,4-5,10,12,15-16H2,1-3H3,(H,29,33)(H,31,34). The summed E-state index contributed by atoms with van der Waals surface area (Å²) in [6.45, 7) is 3.20. The number of fused-ring (bicyclic) bond motifs is 1. The van der Waals surface area contributed by atoms with Gasteiger partial charge in [-0.25, -0.2) is 0 Å². The van der Waals surface area contributed by atoms with Crippen LogP contribution in [0.5, 0.6) is 0 Å². The van der Waals surface area contributed by atoms with E-state index in [0.717, 1.165) is 35.0 Å². The zero-order valence-electron chi connectivity index (χ0n) is 20.1. The van der Waals surface area contributed by atoms with Crippen LogP contribution in [-0.4, -0.2) is 41.8 Å². The van der Waals surface area contributed by atoms with Crippen molar-refractivity contribution >= 4 is 34.3 Å². The molecule has 1 fully saturated rings. The predicted molar refractivity (Wildman–Crippen MR) is 137 cm³/mol. The summed E-state index contributed by atoms with van der Waals surface area (Å²) in [6, 6.07) is 13.2. The molecule has 1 aliphatic carbocycles. The first-order chi connectivity index (χ1) is 16.3. The Balaban J connectivity index is 1.42. The Morgan fingerprint density at radius 3 is 2.50 bits per heavy atom. The lowest BCUT2D eigenvalue weighted by atomic mass is 10.1. The van der Waals surface area contributed by atoms with Gasteiger partial charge in [-0.15, -0.1) is 0 Å². The van der Waals surface area contributed by atoms with Crippen molar-refractivity contribution in [3.05, 3.63) is 69.9 Å². The Kier molecular flexibility index (Phi) is 7.59. The van der Waals surface area contributed by atoms with Crippen LogP contribution in [0.1, 0.15) is 52.9 Å². The fraction of sp³-hybridized carbons (Fsp3) is 0.407. The van der Waals surface area contributed by atoms with E-state index in [0.29, 0.717) is 29.6 Å². The summed E-state index contributed by atoms with van der Waals surface area (Å²) < 4.78 is 0.